The molecule has 1 aliphatic carbocycles. The third kappa shape index (κ3) is 4.51. The van der Waals surface area contributed by atoms with Crippen LogP contribution in [0.15, 0.2) is 0 Å². The van der Waals surface area contributed by atoms with E-state index in [2.05, 4.69) is 6.92 Å². The summed E-state index contributed by atoms with van der Waals surface area (Å²) in [5.41, 5.74) is -0.797. The van der Waals surface area contributed by atoms with E-state index in [0.29, 0.717) is 12.8 Å². The summed E-state index contributed by atoms with van der Waals surface area (Å²) < 4.78 is 0. The standard InChI is InChI=1S/C15H27NO3/c1-3-4-8-11-16(2)13(17)12-15(14(18)19)9-6-5-7-10-15/h3-12H2,1-2H3,(H,18,19). The van der Waals surface area contributed by atoms with Gasteiger partial charge >= 0.3 is 5.97 Å². The fraction of sp³-hybridized carbons (Fsp3) is 0.867. The van der Waals surface area contributed by atoms with Crippen molar-refractivity contribution in [2.75, 3.05) is 13.6 Å². The smallest absolute Gasteiger partial charge is 0.310 e. The van der Waals surface area contributed by atoms with Crippen LogP contribution in [0.4, 0.5) is 0 Å². The second kappa shape index (κ2) is 7.51. The molecule has 1 N–H and O–H groups in total. The Labute approximate surface area is 116 Å². The molecule has 1 amide bonds. The second-order valence-electron chi connectivity index (χ2n) is 5.85. The molecule has 0 radical (unpaired) electrons. The largest absolute Gasteiger partial charge is 0.481 e. The van der Waals surface area contributed by atoms with Crippen LogP contribution < -0.4 is 0 Å². The van der Waals surface area contributed by atoms with E-state index in [9.17, 15) is 14.7 Å². The van der Waals surface area contributed by atoms with Crippen LogP contribution in [0, 0.1) is 5.41 Å². The summed E-state index contributed by atoms with van der Waals surface area (Å²) in [6.45, 7) is 2.87. The van der Waals surface area contributed by atoms with Crippen LogP contribution in [0.25, 0.3) is 0 Å². The fourth-order valence-electron chi connectivity index (χ4n) is 2.84. The minimum atomic E-state index is -0.797. The molecule has 0 aromatic rings. The van der Waals surface area contributed by atoms with Crippen LogP contribution in [0.3, 0.4) is 0 Å². The summed E-state index contributed by atoms with van der Waals surface area (Å²) in [6.07, 6.45) is 7.66. The lowest BCUT2D eigenvalue weighted by molar-refractivity contribution is -0.155. The molecule has 1 fully saturated rings. The van der Waals surface area contributed by atoms with Crippen LogP contribution in [-0.4, -0.2) is 35.5 Å². The minimum absolute atomic E-state index is 0.0135. The van der Waals surface area contributed by atoms with Crippen molar-refractivity contribution in [3.63, 3.8) is 0 Å². The maximum Gasteiger partial charge on any atom is 0.310 e. The molecule has 4 heteroatoms. The minimum Gasteiger partial charge on any atom is -0.481 e. The highest BCUT2D eigenvalue weighted by atomic mass is 16.4. The number of nitrogens with zero attached hydrogens (tertiary/aromatic N) is 1. The van der Waals surface area contributed by atoms with Gasteiger partial charge in [0.25, 0.3) is 0 Å². The summed E-state index contributed by atoms with van der Waals surface area (Å²) >= 11 is 0. The summed E-state index contributed by atoms with van der Waals surface area (Å²) in [4.78, 5) is 25.4. The van der Waals surface area contributed by atoms with Gasteiger partial charge in [-0.3, -0.25) is 9.59 Å². The number of carbonyl (C=O) groups is 2. The summed E-state index contributed by atoms with van der Waals surface area (Å²) in [6, 6.07) is 0. The Kier molecular flexibility index (Phi) is 6.32. The number of carboxylic acids is 1. The first-order valence-corrected chi connectivity index (χ1v) is 7.49. The molecule has 0 bridgehead atoms. The molecule has 19 heavy (non-hydrogen) atoms. The summed E-state index contributed by atoms with van der Waals surface area (Å²) in [5, 5.41) is 9.46. The van der Waals surface area contributed by atoms with Crippen molar-refractivity contribution in [1.82, 2.24) is 4.90 Å². The SMILES string of the molecule is CCCCCN(C)C(=O)CC1(C(=O)O)CCCCC1. The molecule has 0 aromatic carbocycles. The van der Waals surface area contributed by atoms with Crippen molar-refractivity contribution in [2.24, 2.45) is 5.41 Å². The zero-order valence-corrected chi connectivity index (χ0v) is 12.3. The number of carboxylic acid groups (broad SMARTS) is 1. The number of unbranched alkanes of at least 4 members (excludes halogenated alkanes) is 2. The van der Waals surface area contributed by atoms with E-state index < -0.39 is 11.4 Å². The van der Waals surface area contributed by atoms with Gasteiger partial charge in [-0.1, -0.05) is 39.0 Å². The Morgan fingerprint density at radius 1 is 1.16 bits per heavy atom. The van der Waals surface area contributed by atoms with Crippen LogP contribution in [-0.2, 0) is 9.59 Å². The summed E-state index contributed by atoms with van der Waals surface area (Å²) in [5.74, 6) is -0.803. The zero-order valence-electron chi connectivity index (χ0n) is 12.3. The Hall–Kier alpha value is -1.06. The van der Waals surface area contributed by atoms with E-state index in [1.54, 1.807) is 11.9 Å². The van der Waals surface area contributed by atoms with E-state index in [-0.39, 0.29) is 12.3 Å². The van der Waals surface area contributed by atoms with Crippen LogP contribution >= 0.6 is 0 Å². The maximum atomic E-state index is 12.2. The molecule has 1 saturated carbocycles. The van der Waals surface area contributed by atoms with E-state index in [1.807, 2.05) is 0 Å². The van der Waals surface area contributed by atoms with Gasteiger partial charge in [0.1, 0.15) is 0 Å². The lowest BCUT2D eigenvalue weighted by Gasteiger charge is -2.33. The van der Waals surface area contributed by atoms with Gasteiger partial charge in [0.2, 0.25) is 5.91 Å². The van der Waals surface area contributed by atoms with Crippen molar-refractivity contribution in [1.29, 1.82) is 0 Å². The van der Waals surface area contributed by atoms with E-state index in [0.717, 1.165) is 45.1 Å². The first kappa shape index (κ1) is 16.0. The first-order chi connectivity index (χ1) is 9.02. The van der Waals surface area contributed by atoms with Gasteiger partial charge in [0.15, 0.2) is 0 Å². The highest BCUT2D eigenvalue weighted by molar-refractivity contribution is 5.85. The normalized spacial score (nSPS) is 18.0. The highest BCUT2D eigenvalue weighted by Crippen LogP contribution is 2.40. The van der Waals surface area contributed by atoms with Crippen molar-refractivity contribution < 1.29 is 14.7 Å². The van der Waals surface area contributed by atoms with Crippen LogP contribution in [0.2, 0.25) is 0 Å². The van der Waals surface area contributed by atoms with Gasteiger partial charge in [-0.25, -0.2) is 0 Å². The lowest BCUT2D eigenvalue weighted by Crippen LogP contribution is -2.40. The monoisotopic (exact) mass is 269 g/mol. The molecular weight excluding hydrogens is 242 g/mol. The quantitative estimate of drug-likeness (QED) is 0.723. The van der Waals surface area contributed by atoms with Gasteiger partial charge in [0, 0.05) is 20.0 Å². The molecule has 1 rings (SSSR count). The Morgan fingerprint density at radius 2 is 1.79 bits per heavy atom. The van der Waals surface area contributed by atoms with Gasteiger partial charge < -0.3 is 10.0 Å². The predicted molar refractivity (Wildman–Crippen MR) is 74.9 cm³/mol. The zero-order chi connectivity index (χ0) is 14.3. The number of hydrogen-bond donors (Lipinski definition) is 1. The Morgan fingerprint density at radius 3 is 2.32 bits per heavy atom. The van der Waals surface area contributed by atoms with E-state index in [1.165, 1.54) is 0 Å². The van der Waals surface area contributed by atoms with Crippen molar-refractivity contribution in [3.05, 3.63) is 0 Å². The number of carbonyl (C=O) groups excluding carboxylic acids is 1. The molecule has 4 nitrogen and oxygen atoms in total. The average molecular weight is 269 g/mol. The van der Waals surface area contributed by atoms with Crippen LogP contribution in [0.1, 0.15) is 64.7 Å². The molecule has 0 unspecified atom stereocenters. The first-order valence-electron chi connectivity index (χ1n) is 7.49. The topological polar surface area (TPSA) is 57.6 Å². The third-order valence-electron chi connectivity index (χ3n) is 4.28. The number of amides is 1. The number of rotatable bonds is 7. The maximum absolute atomic E-state index is 12.2. The van der Waals surface area contributed by atoms with Gasteiger partial charge in [0.05, 0.1) is 5.41 Å². The molecule has 1 aliphatic rings. The fourth-order valence-corrected chi connectivity index (χ4v) is 2.84. The van der Waals surface area contributed by atoms with Gasteiger partial charge in [-0.2, -0.15) is 0 Å². The van der Waals surface area contributed by atoms with Crippen LogP contribution in [0.5, 0.6) is 0 Å². The third-order valence-corrected chi connectivity index (χ3v) is 4.28. The molecule has 0 atom stereocenters. The molecule has 0 aromatic heterocycles. The molecule has 0 heterocycles. The van der Waals surface area contributed by atoms with Crippen molar-refractivity contribution in [2.45, 2.75) is 64.7 Å². The predicted octanol–water partition coefficient (Wildman–Crippen LogP) is 3.06. The van der Waals surface area contributed by atoms with E-state index >= 15 is 0 Å². The lowest BCUT2D eigenvalue weighted by atomic mass is 9.71. The number of hydrogen-bond acceptors (Lipinski definition) is 2. The van der Waals surface area contributed by atoms with E-state index in [4.69, 9.17) is 0 Å². The molecule has 0 spiro atoms. The Balaban J connectivity index is 2.54. The van der Waals surface area contributed by atoms with Gasteiger partial charge in [-0.05, 0) is 19.3 Å². The molecule has 0 saturated heterocycles. The average Bonchev–Trinajstić information content (AvgIpc) is 2.39. The Bertz CT molecular complexity index is 309. The number of aliphatic carboxylic acids is 1. The van der Waals surface area contributed by atoms with Crippen molar-refractivity contribution >= 4 is 11.9 Å². The molecule has 0 aliphatic heterocycles. The molecule has 110 valence electrons. The summed E-state index contributed by atoms with van der Waals surface area (Å²) in [7, 11) is 1.79. The molecular formula is C15H27NO3. The highest BCUT2D eigenvalue weighted by Gasteiger charge is 2.41. The van der Waals surface area contributed by atoms with Crippen molar-refractivity contribution in [3.8, 4) is 0 Å². The second-order valence-corrected chi connectivity index (χ2v) is 5.85. The van der Waals surface area contributed by atoms with Gasteiger partial charge in [-0.15, -0.1) is 0 Å².